The van der Waals surface area contributed by atoms with Gasteiger partial charge in [-0.3, -0.25) is 0 Å². The molecule has 0 aliphatic heterocycles. The van der Waals surface area contributed by atoms with Gasteiger partial charge in [-0.2, -0.15) is 0 Å². The van der Waals surface area contributed by atoms with E-state index in [0.717, 1.165) is 0 Å². The van der Waals surface area contributed by atoms with Crippen molar-refractivity contribution >= 4 is 0 Å². The number of ether oxygens (including phenoxy) is 1. The molecule has 42 valence electrons. The highest BCUT2D eigenvalue weighted by Gasteiger charge is 2.06. The van der Waals surface area contributed by atoms with Gasteiger partial charge in [-0.15, -0.1) is 0 Å². The maximum absolute atomic E-state index is 5.09. The molecule has 0 rings (SSSR count). The normalized spacial score (nSPS) is 12.0. The van der Waals surface area contributed by atoms with Gasteiger partial charge in [0.1, 0.15) is 0 Å². The van der Waals surface area contributed by atoms with Gasteiger partial charge in [-0.05, 0) is 27.7 Å². The molecule has 0 N–H and O–H groups in total. The van der Waals surface area contributed by atoms with E-state index in [1.165, 1.54) is 0 Å². The van der Waals surface area contributed by atoms with Crippen LogP contribution in [0.3, 0.4) is 0 Å². The highest BCUT2D eigenvalue weighted by atomic mass is 16.5. The summed E-state index contributed by atoms with van der Waals surface area (Å²) in [5.74, 6) is 0. The maximum Gasteiger partial charge on any atom is 0.0598 e. The summed E-state index contributed by atoms with van der Waals surface area (Å²) in [7, 11) is 0. The predicted molar refractivity (Wildman–Crippen MR) is 30.0 cm³/mol. The molecule has 0 amide bonds. The van der Waals surface area contributed by atoms with Gasteiger partial charge >= 0.3 is 0 Å². The molecule has 0 aromatic heterocycles. The Morgan fingerprint density at radius 1 is 1.43 bits per heavy atom. The Balaban J connectivity index is 3.15. The zero-order chi connectivity index (χ0) is 5.91. The third kappa shape index (κ3) is 5.96. The Kier molecular flexibility index (Phi) is 2.30. The van der Waals surface area contributed by atoms with E-state index in [-0.39, 0.29) is 5.60 Å². The Labute approximate surface area is 45.7 Å². The van der Waals surface area contributed by atoms with Crippen molar-refractivity contribution in [3.8, 4) is 0 Å². The molecule has 7 heavy (non-hydrogen) atoms. The van der Waals surface area contributed by atoms with Crippen LogP contribution in [0.15, 0.2) is 0 Å². The molecule has 0 bridgehead atoms. The molecule has 0 aliphatic rings. The molecule has 0 heterocycles. The van der Waals surface area contributed by atoms with Crippen molar-refractivity contribution in [1.82, 2.24) is 0 Å². The number of hydrogen-bond acceptors (Lipinski definition) is 1. The van der Waals surface area contributed by atoms with Gasteiger partial charge in [0.25, 0.3) is 0 Å². The Morgan fingerprint density at radius 2 is 1.86 bits per heavy atom. The second kappa shape index (κ2) is 2.31. The molecular formula is C6H12O. The van der Waals surface area contributed by atoms with Crippen LogP contribution in [0.1, 0.15) is 20.8 Å². The summed E-state index contributed by atoms with van der Waals surface area (Å²) in [6.45, 7) is 11.3. The van der Waals surface area contributed by atoms with Crippen molar-refractivity contribution < 1.29 is 4.74 Å². The van der Waals surface area contributed by atoms with Crippen LogP contribution in [0.5, 0.6) is 0 Å². The Hall–Kier alpha value is -0.0400. The largest absolute Gasteiger partial charge is 0.376 e. The molecule has 0 unspecified atom stereocenters. The summed E-state index contributed by atoms with van der Waals surface area (Å²) in [6, 6.07) is 0. The quantitative estimate of drug-likeness (QED) is 0.485. The first-order chi connectivity index (χ1) is 3.06. The van der Waals surface area contributed by atoms with Crippen molar-refractivity contribution in [2.75, 3.05) is 6.61 Å². The van der Waals surface area contributed by atoms with Crippen LogP contribution >= 0.6 is 0 Å². The van der Waals surface area contributed by atoms with E-state index in [1.807, 2.05) is 20.8 Å². The van der Waals surface area contributed by atoms with E-state index in [1.54, 1.807) is 0 Å². The van der Waals surface area contributed by atoms with E-state index >= 15 is 0 Å². The first-order valence-electron chi connectivity index (χ1n) is 2.40. The molecule has 1 nitrogen and oxygen atoms in total. The van der Waals surface area contributed by atoms with Gasteiger partial charge in [0.15, 0.2) is 0 Å². The summed E-state index contributed by atoms with van der Waals surface area (Å²) in [5.41, 5.74) is -0.0747. The minimum absolute atomic E-state index is 0.0747. The van der Waals surface area contributed by atoms with E-state index in [9.17, 15) is 0 Å². The predicted octanol–water partition coefficient (Wildman–Crippen LogP) is 1.51. The third-order valence-corrected chi connectivity index (χ3v) is 0.516. The highest BCUT2D eigenvalue weighted by molar-refractivity contribution is 4.58. The fourth-order valence-corrected chi connectivity index (χ4v) is 0.250. The minimum atomic E-state index is -0.0747. The molecule has 0 saturated heterocycles. The van der Waals surface area contributed by atoms with Crippen LogP contribution < -0.4 is 0 Å². The molecule has 0 atom stereocenters. The molecular weight excluding hydrogens is 88.1 g/mol. The summed E-state index contributed by atoms with van der Waals surface area (Å²) in [4.78, 5) is 0. The van der Waals surface area contributed by atoms with Crippen molar-refractivity contribution in [1.29, 1.82) is 0 Å². The summed E-state index contributed by atoms with van der Waals surface area (Å²) in [5, 5.41) is 0. The zero-order valence-electron chi connectivity index (χ0n) is 5.19. The van der Waals surface area contributed by atoms with Gasteiger partial charge in [0, 0.05) is 0 Å². The van der Waals surface area contributed by atoms with Gasteiger partial charge in [0.05, 0.1) is 12.2 Å². The molecule has 2 radical (unpaired) electrons. The van der Waals surface area contributed by atoms with Crippen LogP contribution in [0.2, 0.25) is 0 Å². The average molecular weight is 100 g/mol. The molecule has 0 spiro atoms. The van der Waals surface area contributed by atoms with Crippen LogP contribution in [0.25, 0.3) is 0 Å². The second-order valence-electron chi connectivity index (χ2n) is 2.42. The third-order valence-electron chi connectivity index (χ3n) is 0.516. The van der Waals surface area contributed by atoms with Crippen molar-refractivity contribution in [2.24, 2.45) is 0 Å². The lowest BCUT2D eigenvalue weighted by atomic mass is 10.2. The van der Waals surface area contributed by atoms with Gasteiger partial charge in [-0.25, -0.2) is 0 Å². The van der Waals surface area contributed by atoms with Crippen molar-refractivity contribution in [3.05, 3.63) is 6.92 Å². The highest BCUT2D eigenvalue weighted by Crippen LogP contribution is 2.04. The summed E-state index contributed by atoms with van der Waals surface area (Å²) >= 11 is 0. The standard InChI is InChI=1S/C6H12O/c1-5-7-6(2,3)4/h1H,5H2,2-4H3. The molecule has 0 fully saturated rings. The smallest absolute Gasteiger partial charge is 0.0598 e. The summed E-state index contributed by atoms with van der Waals surface area (Å²) in [6.07, 6.45) is 0. The monoisotopic (exact) mass is 100 g/mol. The number of rotatable bonds is 1. The molecule has 0 saturated carbocycles. The van der Waals surface area contributed by atoms with Gasteiger partial charge in [-0.1, -0.05) is 0 Å². The zero-order valence-corrected chi connectivity index (χ0v) is 5.19. The fraction of sp³-hybridized carbons (Fsp3) is 0.833. The Morgan fingerprint density at radius 3 is 1.86 bits per heavy atom. The molecule has 0 aromatic rings. The topological polar surface area (TPSA) is 9.23 Å². The van der Waals surface area contributed by atoms with E-state index in [2.05, 4.69) is 0 Å². The van der Waals surface area contributed by atoms with Crippen LogP contribution in [0, 0.1) is 6.92 Å². The first kappa shape index (κ1) is 6.96. The average Bonchev–Trinajstić information content (AvgIpc) is 1.30. The Bertz CT molecular complexity index is 42.6. The lowest BCUT2D eigenvalue weighted by molar-refractivity contribution is 0.0140. The number of hydrogen-bond donors (Lipinski definition) is 0. The van der Waals surface area contributed by atoms with Crippen molar-refractivity contribution in [3.63, 3.8) is 0 Å². The van der Waals surface area contributed by atoms with E-state index < -0.39 is 0 Å². The lowest BCUT2D eigenvalue weighted by Gasteiger charge is -2.17. The fourth-order valence-electron chi connectivity index (χ4n) is 0.250. The van der Waals surface area contributed by atoms with E-state index in [4.69, 9.17) is 11.7 Å². The van der Waals surface area contributed by atoms with Gasteiger partial charge in [0.2, 0.25) is 0 Å². The van der Waals surface area contributed by atoms with Gasteiger partial charge < -0.3 is 4.74 Å². The first-order valence-corrected chi connectivity index (χ1v) is 2.40. The second-order valence-corrected chi connectivity index (χ2v) is 2.42. The SMILES string of the molecule is [CH]COC(C)(C)C. The minimum Gasteiger partial charge on any atom is -0.376 e. The molecule has 0 aromatic carbocycles. The van der Waals surface area contributed by atoms with Crippen LogP contribution in [-0.2, 0) is 4.74 Å². The van der Waals surface area contributed by atoms with Crippen LogP contribution in [0.4, 0.5) is 0 Å². The van der Waals surface area contributed by atoms with E-state index in [0.29, 0.717) is 6.61 Å². The molecule has 0 aliphatic carbocycles. The maximum atomic E-state index is 5.09. The lowest BCUT2D eigenvalue weighted by Crippen LogP contribution is -2.18. The van der Waals surface area contributed by atoms with Crippen LogP contribution in [-0.4, -0.2) is 12.2 Å². The molecule has 1 heteroatoms. The summed E-state index contributed by atoms with van der Waals surface area (Å²) < 4.78 is 5.01. The van der Waals surface area contributed by atoms with Crippen molar-refractivity contribution in [2.45, 2.75) is 26.4 Å².